The number of methoxy groups -OCH3 is 1. The molecular weight excluding hydrogens is 300 g/mol. The molecule has 1 aliphatic heterocycles. The van der Waals surface area contributed by atoms with Crippen LogP contribution in [0.2, 0.25) is 0 Å². The van der Waals surface area contributed by atoms with Crippen LogP contribution in [0.15, 0.2) is 18.2 Å². The molecule has 122 valence electrons. The van der Waals surface area contributed by atoms with E-state index < -0.39 is 11.4 Å². The zero-order valence-corrected chi connectivity index (χ0v) is 14.2. The molecule has 1 aliphatic rings. The molecular formula is C17H24O4S. The SMILES string of the molecule is COc1c(OC2CCSCC2)cccc1C(C)(C)CC(=O)O. The van der Waals surface area contributed by atoms with E-state index >= 15 is 0 Å². The van der Waals surface area contributed by atoms with E-state index in [0.29, 0.717) is 5.75 Å². The van der Waals surface area contributed by atoms with Crippen LogP contribution >= 0.6 is 11.8 Å². The maximum absolute atomic E-state index is 11.1. The molecule has 1 aromatic carbocycles. The van der Waals surface area contributed by atoms with Crippen molar-refractivity contribution in [3.63, 3.8) is 0 Å². The largest absolute Gasteiger partial charge is 0.493 e. The molecule has 1 aromatic rings. The number of carboxylic acids is 1. The Labute approximate surface area is 136 Å². The Bertz CT molecular complexity index is 521. The third kappa shape index (κ3) is 4.09. The molecule has 0 aromatic heterocycles. The van der Waals surface area contributed by atoms with E-state index in [1.54, 1.807) is 7.11 Å². The number of benzene rings is 1. The van der Waals surface area contributed by atoms with Crippen molar-refractivity contribution in [2.75, 3.05) is 18.6 Å². The number of para-hydroxylation sites is 1. The van der Waals surface area contributed by atoms with Gasteiger partial charge >= 0.3 is 5.97 Å². The Hall–Kier alpha value is -1.36. The van der Waals surface area contributed by atoms with Gasteiger partial charge in [0.25, 0.3) is 0 Å². The van der Waals surface area contributed by atoms with E-state index in [9.17, 15) is 4.79 Å². The summed E-state index contributed by atoms with van der Waals surface area (Å²) in [5, 5.41) is 9.13. The van der Waals surface area contributed by atoms with Crippen LogP contribution in [0.5, 0.6) is 11.5 Å². The van der Waals surface area contributed by atoms with Crippen LogP contribution in [-0.4, -0.2) is 35.8 Å². The third-order valence-electron chi connectivity index (χ3n) is 3.97. The van der Waals surface area contributed by atoms with Crippen molar-refractivity contribution in [1.29, 1.82) is 0 Å². The fourth-order valence-electron chi connectivity index (χ4n) is 2.80. The molecule has 1 heterocycles. The predicted octanol–water partition coefficient (Wildman–Crippen LogP) is 3.72. The summed E-state index contributed by atoms with van der Waals surface area (Å²) < 4.78 is 11.7. The zero-order chi connectivity index (χ0) is 16.2. The lowest BCUT2D eigenvalue weighted by atomic mass is 9.81. The van der Waals surface area contributed by atoms with E-state index in [2.05, 4.69) is 0 Å². The summed E-state index contributed by atoms with van der Waals surface area (Å²) in [7, 11) is 1.61. The van der Waals surface area contributed by atoms with Crippen LogP contribution in [-0.2, 0) is 10.2 Å². The van der Waals surface area contributed by atoms with Gasteiger partial charge in [0.15, 0.2) is 11.5 Å². The molecule has 0 unspecified atom stereocenters. The first-order chi connectivity index (χ1) is 10.4. The molecule has 22 heavy (non-hydrogen) atoms. The topological polar surface area (TPSA) is 55.8 Å². The number of rotatable bonds is 6. The first kappa shape index (κ1) is 17.0. The Balaban J connectivity index is 2.28. The first-order valence-corrected chi connectivity index (χ1v) is 8.73. The second-order valence-corrected chi connectivity index (χ2v) is 7.45. The number of carbonyl (C=O) groups is 1. The molecule has 1 saturated heterocycles. The quantitative estimate of drug-likeness (QED) is 0.864. The van der Waals surface area contributed by atoms with Crippen molar-refractivity contribution in [1.82, 2.24) is 0 Å². The number of hydrogen-bond acceptors (Lipinski definition) is 4. The number of ether oxygens (including phenoxy) is 2. The van der Waals surface area contributed by atoms with Gasteiger partial charge in [-0.25, -0.2) is 0 Å². The standard InChI is InChI=1S/C17H24O4S/c1-17(2,11-15(18)19)13-5-4-6-14(16(13)20-3)21-12-7-9-22-10-8-12/h4-6,12H,7-11H2,1-3H3,(H,18,19). The van der Waals surface area contributed by atoms with Crippen molar-refractivity contribution in [3.05, 3.63) is 23.8 Å². The van der Waals surface area contributed by atoms with Gasteiger partial charge in [0.05, 0.1) is 13.5 Å². The number of thioether (sulfide) groups is 1. The molecule has 0 saturated carbocycles. The lowest BCUT2D eigenvalue weighted by molar-refractivity contribution is -0.138. The third-order valence-corrected chi connectivity index (χ3v) is 5.02. The Kier molecular flexibility index (Phi) is 5.62. The fourth-order valence-corrected chi connectivity index (χ4v) is 3.86. The predicted molar refractivity (Wildman–Crippen MR) is 89.2 cm³/mol. The molecule has 0 radical (unpaired) electrons. The zero-order valence-electron chi connectivity index (χ0n) is 13.4. The van der Waals surface area contributed by atoms with Gasteiger partial charge in [-0.15, -0.1) is 0 Å². The Morgan fingerprint density at radius 3 is 2.64 bits per heavy atom. The molecule has 0 amide bonds. The molecule has 0 atom stereocenters. The summed E-state index contributed by atoms with van der Waals surface area (Å²) in [6.45, 7) is 3.83. The summed E-state index contributed by atoms with van der Waals surface area (Å²) in [6, 6.07) is 5.74. The van der Waals surface area contributed by atoms with Gasteiger partial charge in [-0.05, 0) is 30.4 Å². The van der Waals surface area contributed by atoms with Crippen molar-refractivity contribution in [2.24, 2.45) is 0 Å². The second-order valence-electron chi connectivity index (χ2n) is 6.22. The lowest BCUT2D eigenvalue weighted by Crippen LogP contribution is -2.24. The fraction of sp³-hybridized carbons (Fsp3) is 0.588. The van der Waals surface area contributed by atoms with Gasteiger partial charge in [-0.1, -0.05) is 26.0 Å². The van der Waals surface area contributed by atoms with E-state index in [1.165, 1.54) is 0 Å². The highest BCUT2D eigenvalue weighted by atomic mass is 32.2. The smallest absolute Gasteiger partial charge is 0.304 e. The van der Waals surface area contributed by atoms with Crippen LogP contribution in [0, 0.1) is 0 Å². The highest BCUT2D eigenvalue weighted by Crippen LogP contribution is 2.41. The lowest BCUT2D eigenvalue weighted by Gasteiger charge is -2.28. The van der Waals surface area contributed by atoms with Crippen molar-refractivity contribution >= 4 is 17.7 Å². The molecule has 2 rings (SSSR count). The minimum atomic E-state index is -0.817. The average molecular weight is 324 g/mol. The van der Waals surface area contributed by atoms with Crippen LogP contribution in [0.3, 0.4) is 0 Å². The summed E-state index contributed by atoms with van der Waals surface area (Å²) in [4.78, 5) is 11.1. The van der Waals surface area contributed by atoms with Crippen molar-refractivity contribution in [3.8, 4) is 11.5 Å². The van der Waals surface area contributed by atoms with Crippen LogP contribution in [0.25, 0.3) is 0 Å². The monoisotopic (exact) mass is 324 g/mol. The minimum Gasteiger partial charge on any atom is -0.493 e. The van der Waals surface area contributed by atoms with Gasteiger partial charge < -0.3 is 14.6 Å². The van der Waals surface area contributed by atoms with Crippen molar-refractivity contribution < 1.29 is 19.4 Å². The molecule has 0 bridgehead atoms. The highest BCUT2D eigenvalue weighted by Gasteiger charge is 2.29. The number of aliphatic carboxylic acids is 1. The van der Waals surface area contributed by atoms with Gasteiger partial charge in [0.1, 0.15) is 6.10 Å². The van der Waals surface area contributed by atoms with E-state index in [-0.39, 0.29) is 12.5 Å². The number of hydrogen-bond donors (Lipinski definition) is 1. The van der Waals surface area contributed by atoms with Crippen molar-refractivity contribution in [2.45, 2.75) is 44.6 Å². The van der Waals surface area contributed by atoms with E-state index in [4.69, 9.17) is 14.6 Å². The van der Waals surface area contributed by atoms with Gasteiger partial charge in [-0.3, -0.25) is 4.79 Å². The summed E-state index contributed by atoms with van der Waals surface area (Å²) in [5.41, 5.74) is 0.360. The highest BCUT2D eigenvalue weighted by molar-refractivity contribution is 7.99. The van der Waals surface area contributed by atoms with Gasteiger partial charge in [-0.2, -0.15) is 11.8 Å². The molecule has 1 fully saturated rings. The normalized spacial score (nSPS) is 16.3. The molecule has 0 aliphatic carbocycles. The molecule has 5 heteroatoms. The van der Waals surface area contributed by atoms with E-state index in [1.807, 2.05) is 43.8 Å². The summed E-state index contributed by atoms with van der Waals surface area (Å²) >= 11 is 1.96. The summed E-state index contributed by atoms with van der Waals surface area (Å²) in [5.74, 6) is 2.80. The van der Waals surface area contributed by atoms with Gasteiger partial charge in [0.2, 0.25) is 0 Å². The average Bonchev–Trinajstić information content (AvgIpc) is 2.47. The van der Waals surface area contributed by atoms with Crippen LogP contribution in [0.4, 0.5) is 0 Å². The Morgan fingerprint density at radius 2 is 2.05 bits per heavy atom. The van der Waals surface area contributed by atoms with Crippen LogP contribution < -0.4 is 9.47 Å². The van der Waals surface area contributed by atoms with Crippen LogP contribution in [0.1, 0.15) is 38.7 Å². The minimum absolute atomic E-state index is 0.0485. The maximum Gasteiger partial charge on any atom is 0.304 e. The first-order valence-electron chi connectivity index (χ1n) is 7.57. The molecule has 1 N–H and O–H groups in total. The molecule has 0 spiro atoms. The second kappa shape index (κ2) is 7.27. The Morgan fingerprint density at radius 1 is 1.36 bits per heavy atom. The maximum atomic E-state index is 11.1. The molecule has 4 nitrogen and oxygen atoms in total. The number of carboxylic acid groups (broad SMARTS) is 1. The summed E-state index contributed by atoms with van der Waals surface area (Å²) in [6.07, 6.45) is 2.34. The van der Waals surface area contributed by atoms with Gasteiger partial charge in [0, 0.05) is 11.0 Å². The van der Waals surface area contributed by atoms with E-state index in [0.717, 1.165) is 35.7 Å².